The first-order valence-corrected chi connectivity index (χ1v) is 5.67. The first-order valence-electron chi connectivity index (χ1n) is 5.30. The van der Waals surface area contributed by atoms with Crippen molar-refractivity contribution >= 4 is 22.6 Å². The average Bonchev–Trinajstić information content (AvgIpc) is 2.57. The molecule has 2 aromatic rings. The molecule has 0 N–H and O–H groups in total. The maximum absolute atomic E-state index is 13.7. The van der Waals surface area contributed by atoms with Crippen LogP contribution in [0, 0.1) is 19.7 Å². The Balaban J connectivity index is 0.000000606. The fourth-order valence-electron chi connectivity index (χ4n) is 1.46. The van der Waals surface area contributed by atoms with Gasteiger partial charge in [0.2, 0.25) is 0 Å². The molecule has 0 aliphatic carbocycles. The molecule has 0 bridgehead atoms. The molecule has 2 rings (SSSR count). The summed E-state index contributed by atoms with van der Waals surface area (Å²) in [6.45, 7) is 7.49. The number of halogens is 2. The van der Waals surface area contributed by atoms with E-state index in [2.05, 4.69) is 4.98 Å². The summed E-state index contributed by atoms with van der Waals surface area (Å²) in [5, 5.41) is 0.443. The fraction of sp³-hybridized carbons (Fsp3) is 0.417. The minimum atomic E-state index is -0.323. The maximum atomic E-state index is 13.7. The molecular formula is C12H16ClFN2. The largest absolute Gasteiger partial charge is 0.331 e. The van der Waals surface area contributed by atoms with Crippen molar-refractivity contribution in [3.63, 3.8) is 0 Å². The molecule has 0 saturated heterocycles. The number of hydrogen-bond acceptors (Lipinski definition) is 1. The zero-order valence-corrected chi connectivity index (χ0v) is 11.0. The lowest BCUT2D eigenvalue weighted by Crippen LogP contribution is -1.91. The van der Waals surface area contributed by atoms with Crippen LogP contribution in [0.5, 0.6) is 0 Å². The number of benzene rings is 1. The number of hydrogen-bond donors (Lipinski definition) is 0. The second kappa shape index (κ2) is 4.83. The summed E-state index contributed by atoms with van der Waals surface area (Å²) in [6.07, 6.45) is 0. The van der Waals surface area contributed by atoms with Crippen LogP contribution in [-0.2, 0) is 7.05 Å². The Hall–Kier alpha value is -1.09. The van der Waals surface area contributed by atoms with Gasteiger partial charge in [0.25, 0.3) is 0 Å². The van der Waals surface area contributed by atoms with Gasteiger partial charge >= 0.3 is 0 Å². The second-order valence-electron chi connectivity index (χ2n) is 3.38. The van der Waals surface area contributed by atoms with Gasteiger partial charge in [-0.25, -0.2) is 9.37 Å². The van der Waals surface area contributed by atoms with E-state index < -0.39 is 0 Å². The molecule has 2 nitrogen and oxygen atoms in total. The lowest BCUT2D eigenvalue weighted by Gasteiger charge is -2.01. The molecule has 0 amide bonds. The van der Waals surface area contributed by atoms with Crippen molar-refractivity contribution < 1.29 is 4.39 Å². The third-order valence-electron chi connectivity index (χ3n) is 2.52. The first kappa shape index (κ1) is 13.0. The normalized spacial score (nSPS) is 10.2. The Morgan fingerprint density at radius 2 is 1.88 bits per heavy atom. The standard InChI is InChI=1S/C10H10ClFN2.C2H6/c1-5-7(11)4-8-10(9(5)12)13-6(2)14(8)3;1-2/h4H,1-3H3;1-2H3. The lowest BCUT2D eigenvalue weighted by atomic mass is 10.2. The van der Waals surface area contributed by atoms with Gasteiger partial charge in [-0.1, -0.05) is 25.4 Å². The van der Waals surface area contributed by atoms with Crippen molar-refractivity contribution in [3.05, 3.63) is 28.3 Å². The van der Waals surface area contributed by atoms with E-state index >= 15 is 0 Å². The van der Waals surface area contributed by atoms with Crippen LogP contribution < -0.4 is 0 Å². The second-order valence-corrected chi connectivity index (χ2v) is 3.79. The molecule has 0 atom stereocenters. The van der Waals surface area contributed by atoms with Gasteiger partial charge in [0, 0.05) is 17.6 Å². The van der Waals surface area contributed by atoms with Gasteiger partial charge in [-0.15, -0.1) is 0 Å². The third-order valence-corrected chi connectivity index (χ3v) is 2.91. The smallest absolute Gasteiger partial charge is 0.155 e. The fourth-order valence-corrected chi connectivity index (χ4v) is 1.65. The van der Waals surface area contributed by atoms with Crippen LogP contribution in [0.4, 0.5) is 4.39 Å². The number of aromatic nitrogens is 2. The van der Waals surface area contributed by atoms with E-state index in [0.29, 0.717) is 16.1 Å². The first-order chi connectivity index (χ1) is 7.52. The van der Waals surface area contributed by atoms with Crippen molar-refractivity contribution in [2.24, 2.45) is 7.05 Å². The van der Waals surface area contributed by atoms with Crippen molar-refractivity contribution in [1.82, 2.24) is 9.55 Å². The molecule has 88 valence electrons. The summed E-state index contributed by atoms with van der Waals surface area (Å²) in [5.74, 6) is 0.455. The molecule has 0 saturated carbocycles. The van der Waals surface area contributed by atoms with E-state index in [1.165, 1.54) is 0 Å². The number of nitrogens with zero attached hydrogens (tertiary/aromatic N) is 2. The Morgan fingerprint density at radius 1 is 1.31 bits per heavy atom. The average molecular weight is 243 g/mol. The van der Waals surface area contributed by atoms with Crippen LogP contribution in [-0.4, -0.2) is 9.55 Å². The molecule has 0 unspecified atom stereocenters. The highest BCUT2D eigenvalue weighted by molar-refractivity contribution is 6.32. The van der Waals surface area contributed by atoms with Gasteiger partial charge in [0.1, 0.15) is 11.3 Å². The molecule has 1 heterocycles. The highest BCUT2D eigenvalue weighted by atomic mass is 35.5. The van der Waals surface area contributed by atoms with Gasteiger partial charge in [-0.05, 0) is 19.9 Å². The summed E-state index contributed by atoms with van der Waals surface area (Å²) >= 11 is 5.89. The predicted molar refractivity (Wildman–Crippen MR) is 66.5 cm³/mol. The molecule has 0 radical (unpaired) electrons. The van der Waals surface area contributed by atoms with Crippen LogP contribution in [0.2, 0.25) is 5.02 Å². The van der Waals surface area contributed by atoms with Crippen LogP contribution in [0.1, 0.15) is 25.2 Å². The number of rotatable bonds is 0. The Kier molecular flexibility index (Phi) is 3.92. The molecule has 0 spiro atoms. The lowest BCUT2D eigenvalue weighted by molar-refractivity contribution is 0.628. The molecule has 16 heavy (non-hydrogen) atoms. The highest BCUT2D eigenvalue weighted by Crippen LogP contribution is 2.27. The summed E-state index contributed by atoms with van der Waals surface area (Å²) < 4.78 is 15.5. The minimum absolute atomic E-state index is 0.323. The Labute approximate surface area is 100 Å². The predicted octanol–water partition coefficient (Wildman–Crippen LogP) is 4.01. The van der Waals surface area contributed by atoms with E-state index in [1.54, 1.807) is 13.0 Å². The monoisotopic (exact) mass is 242 g/mol. The maximum Gasteiger partial charge on any atom is 0.155 e. The third kappa shape index (κ3) is 1.92. The van der Waals surface area contributed by atoms with E-state index in [1.807, 2.05) is 32.4 Å². The van der Waals surface area contributed by atoms with Gasteiger partial charge in [0.05, 0.1) is 5.52 Å². The van der Waals surface area contributed by atoms with Crippen molar-refractivity contribution in [1.29, 1.82) is 0 Å². The molecule has 0 aliphatic heterocycles. The summed E-state index contributed by atoms with van der Waals surface area (Å²) in [6, 6.07) is 1.75. The highest BCUT2D eigenvalue weighted by Gasteiger charge is 2.13. The number of aryl methyl sites for hydroxylation is 2. The zero-order chi connectivity index (χ0) is 12.5. The van der Waals surface area contributed by atoms with Crippen LogP contribution in [0.3, 0.4) is 0 Å². The minimum Gasteiger partial charge on any atom is -0.331 e. The van der Waals surface area contributed by atoms with E-state index in [0.717, 1.165) is 11.3 Å². The van der Waals surface area contributed by atoms with Crippen molar-refractivity contribution in [2.75, 3.05) is 0 Å². The SMILES string of the molecule is CC.Cc1c(Cl)cc2c(nc(C)n2C)c1F. The summed E-state index contributed by atoms with van der Waals surface area (Å²) in [7, 11) is 1.84. The molecule has 1 aromatic heterocycles. The van der Waals surface area contributed by atoms with E-state index in [-0.39, 0.29) is 5.82 Å². The van der Waals surface area contributed by atoms with Crippen LogP contribution in [0.25, 0.3) is 11.0 Å². The van der Waals surface area contributed by atoms with Gasteiger partial charge in [-0.3, -0.25) is 0 Å². The Bertz CT molecular complexity index is 517. The molecule has 0 aliphatic rings. The van der Waals surface area contributed by atoms with Gasteiger partial charge in [0.15, 0.2) is 5.82 Å². The van der Waals surface area contributed by atoms with Crippen molar-refractivity contribution in [3.8, 4) is 0 Å². The molecule has 0 fully saturated rings. The van der Waals surface area contributed by atoms with Gasteiger partial charge < -0.3 is 4.57 Å². The molecule has 1 aromatic carbocycles. The van der Waals surface area contributed by atoms with E-state index in [9.17, 15) is 4.39 Å². The van der Waals surface area contributed by atoms with Crippen molar-refractivity contribution in [2.45, 2.75) is 27.7 Å². The topological polar surface area (TPSA) is 17.8 Å². The summed E-state index contributed by atoms with van der Waals surface area (Å²) in [5.41, 5.74) is 1.58. The Morgan fingerprint density at radius 3 is 2.44 bits per heavy atom. The van der Waals surface area contributed by atoms with Crippen LogP contribution in [0.15, 0.2) is 6.07 Å². The van der Waals surface area contributed by atoms with Crippen LogP contribution >= 0.6 is 11.6 Å². The van der Waals surface area contributed by atoms with E-state index in [4.69, 9.17) is 11.6 Å². The zero-order valence-electron chi connectivity index (χ0n) is 10.2. The summed E-state index contributed by atoms with van der Waals surface area (Å²) in [4.78, 5) is 4.14. The molecule has 4 heteroatoms. The molecular weight excluding hydrogens is 227 g/mol. The number of fused-ring (bicyclic) bond motifs is 1. The van der Waals surface area contributed by atoms with Gasteiger partial charge in [-0.2, -0.15) is 0 Å². The quantitative estimate of drug-likeness (QED) is 0.683. The number of imidazole rings is 1.